The standard InChI is InChI=1S/C7H11NO2S/c8-4-2-1-3-5-11-6-7(9)10/h1-3,5-6H2,(H,9,10). The van der Waals surface area contributed by atoms with Gasteiger partial charge in [-0.15, -0.1) is 0 Å². The first-order valence-electron chi connectivity index (χ1n) is 3.44. The third kappa shape index (κ3) is 9.31. The number of nitriles is 1. The summed E-state index contributed by atoms with van der Waals surface area (Å²) in [7, 11) is 0. The van der Waals surface area contributed by atoms with Crippen LogP contribution in [0.5, 0.6) is 0 Å². The molecule has 62 valence electrons. The molecule has 0 saturated heterocycles. The lowest BCUT2D eigenvalue weighted by Crippen LogP contribution is -1.98. The monoisotopic (exact) mass is 173 g/mol. The molecule has 0 amide bonds. The van der Waals surface area contributed by atoms with Crippen LogP contribution in [0.15, 0.2) is 0 Å². The molecule has 0 spiro atoms. The van der Waals surface area contributed by atoms with Crippen molar-refractivity contribution in [3.63, 3.8) is 0 Å². The van der Waals surface area contributed by atoms with E-state index in [1.807, 2.05) is 6.07 Å². The summed E-state index contributed by atoms with van der Waals surface area (Å²) in [6.07, 6.45) is 2.39. The van der Waals surface area contributed by atoms with Crippen LogP contribution in [-0.4, -0.2) is 22.6 Å². The van der Waals surface area contributed by atoms with Crippen molar-refractivity contribution in [2.45, 2.75) is 19.3 Å². The summed E-state index contributed by atoms with van der Waals surface area (Å²) in [5.41, 5.74) is 0. The summed E-state index contributed by atoms with van der Waals surface area (Å²) in [5, 5.41) is 16.4. The van der Waals surface area contributed by atoms with Gasteiger partial charge in [0.2, 0.25) is 0 Å². The van der Waals surface area contributed by atoms with Crippen LogP contribution in [0.2, 0.25) is 0 Å². The lowest BCUT2D eigenvalue weighted by Gasteiger charge is -1.94. The molecule has 0 aliphatic carbocycles. The first kappa shape index (κ1) is 10.3. The van der Waals surface area contributed by atoms with E-state index in [1.54, 1.807) is 0 Å². The van der Waals surface area contributed by atoms with Gasteiger partial charge in [0.1, 0.15) is 0 Å². The zero-order chi connectivity index (χ0) is 8.53. The Labute approximate surface area is 70.4 Å². The number of rotatable bonds is 6. The SMILES string of the molecule is N#CCCCCSCC(=O)O. The van der Waals surface area contributed by atoms with Crippen molar-refractivity contribution in [2.75, 3.05) is 11.5 Å². The normalized spacial score (nSPS) is 9.00. The molecule has 4 heteroatoms. The molecular formula is C7H11NO2S. The van der Waals surface area contributed by atoms with E-state index in [-0.39, 0.29) is 5.75 Å². The van der Waals surface area contributed by atoms with Gasteiger partial charge in [-0.1, -0.05) is 0 Å². The zero-order valence-electron chi connectivity index (χ0n) is 6.25. The number of nitrogens with zero attached hydrogens (tertiary/aromatic N) is 1. The first-order valence-corrected chi connectivity index (χ1v) is 4.59. The molecule has 0 aromatic carbocycles. The van der Waals surface area contributed by atoms with E-state index in [0.29, 0.717) is 6.42 Å². The van der Waals surface area contributed by atoms with Crippen LogP contribution in [0.1, 0.15) is 19.3 Å². The number of hydrogen-bond donors (Lipinski definition) is 1. The summed E-state index contributed by atoms with van der Waals surface area (Å²) in [6.45, 7) is 0. The van der Waals surface area contributed by atoms with Crippen molar-refractivity contribution < 1.29 is 9.90 Å². The Hall–Kier alpha value is -0.690. The second-order valence-corrected chi connectivity index (χ2v) is 3.17. The molecule has 1 N–H and O–H groups in total. The lowest BCUT2D eigenvalue weighted by molar-refractivity contribution is -0.133. The number of carbonyl (C=O) groups is 1. The van der Waals surface area contributed by atoms with Gasteiger partial charge >= 0.3 is 5.97 Å². The topological polar surface area (TPSA) is 61.1 Å². The van der Waals surface area contributed by atoms with Crippen molar-refractivity contribution in [2.24, 2.45) is 0 Å². The van der Waals surface area contributed by atoms with Crippen molar-refractivity contribution >= 4 is 17.7 Å². The van der Waals surface area contributed by atoms with E-state index in [2.05, 4.69) is 0 Å². The fraction of sp³-hybridized carbons (Fsp3) is 0.714. The maximum absolute atomic E-state index is 10.0. The molecule has 0 aromatic heterocycles. The molecule has 0 bridgehead atoms. The molecule has 0 radical (unpaired) electrons. The first-order chi connectivity index (χ1) is 5.27. The van der Waals surface area contributed by atoms with Gasteiger partial charge in [-0.3, -0.25) is 4.79 Å². The highest BCUT2D eigenvalue weighted by atomic mass is 32.2. The third-order valence-electron chi connectivity index (χ3n) is 1.05. The highest BCUT2D eigenvalue weighted by Crippen LogP contribution is 2.05. The number of aliphatic carboxylic acids is 1. The predicted octanol–water partition coefficient (Wildman–Crippen LogP) is 1.50. The number of thioether (sulfide) groups is 1. The molecule has 0 atom stereocenters. The van der Waals surface area contributed by atoms with Crippen LogP contribution in [-0.2, 0) is 4.79 Å². The Balaban J connectivity index is 2.92. The van der Waals surface area contributed by atoms with Gasteiger partial charge < -0.3 is 5.11 Å². The summed E-state index contributed by atoms with van der Waals surface area (Å²) >= 11 is 1.40. The van der Waals surface area contributed by atoms with Crippen molar-refractivity contribution in [1.29, 1.82) is 5.26 Å². The minimum atomic E-state index is -0.768. The Bertz CT molecular complexity index is 153. The minimum Gasteiger partial charge on any atom is -0.481 e. The van der Waals surface area contributed by atoms with Crippen LogP contribution < -0.4 is 0 Å². The number of unbranched alkanes of at least 4 members (excludes halogenated alkanes) is 2. The lowest BCUT2D eigenvalue weighted by atomic mass is 10.3. The van der Waals surface area contributed by atoms with E-state index in [4.69, 9.17) is 10.4 Å². The second kappa shape index (κ2) is 7.42. The average Bonchev–Trinajstić information content (AvgIpc) is 1.96. The molecule has 0 aliphatic rings. The molecular weight excluding hydrogens is 162 g/mol. The van der Waals surface area contributed by atoms with E-state index < -0.39 is 5.97 Å². The van der Waals surface area contributed by atoms with Gasteiger partial charge in [-0.05, 0) is 18.6 Å². The molecule has 0 aromatic rings. The highest BCUT2D eigenvalue weighted by molar-refractivity contribution is 7.99. The van der Waals surface area contributed by atoms with Crippen LogP contribution in [0, 0.1) is 11.3 Å². The van der Waals surface area contributed by atoms with Crippen LogP contribution in [0.3, 0.4) is 0 Å². The number of carboxylic acid groups (broad SMARTS) is 1. The molecule has 0 aliphatic heterocycles. The Morgan fingerprint density at radius 2 is 2.27 bits per heavy atom. The number of carboxylic acids is 1. The van der Waals surface area contributed by atoms with Crippen molar-refractivity contribution in [3.05, 3.63) is 0 Å². The van der Waals surface area contributed by atoms with Gasteiger partial charge in [0.25, 0.3) is 0 Å². The molecule has 0 heterocycles. The number of hydrogen-bond acceptors (Lipinski definition) is 3. The zero-order valence-corrected chi connectivity index (χ0v) is 7.06. The molecule has 0 saturated carbocycles. The van der Waals surface area contributed by atoms with E-state index >= 15 is 0 Å². The maximum atomic E-state index is 10.0. The summed E-state index contributed by atoms with van der Waals surface area (Å²) < 4.78 is 0. The smallest absolute Gasteiger partial charge is 0.313 e. The largest absolute Gasteiger partial charge is 0.481 e. The quantitative estimate of drug-likeness (QED) is 0.618. The molecule has 3 nitrogen and oxygen atoms in total. The van der Waals surface area contributed by atoms with Crippen molar-refractivity contribution in [3.8, 4) is 6.07 Å². The molecule has 0 unspecified atom stereocenters. The molecule has 11 heavy (non-hydrogen) atoms. The summed E-state index contributed by atoms with van der Waals surface area (Å²) in [4.78, 5) is 10.0. The van der Waals surface area contributed by atoms with Gasteiger partial charge in [0, 0.05) is 6.42 Å². The van der Waals surface area contributed by atoms with Gasteiger partial charge in [0.05, 0.1) is 11.8 Å². The van der Waals surface area contributed by atoms with Gasteiger partial charge in [0.15, 0.2) is 0 Å². The Morgan fingerprint density at radius 1 is 1.55 bits per heavy atom. The van der Waals surface area contributed by atoms with E-state index in [1.165, 1.54) is 11.8 Å². The third-order valence-corrected chi connectivity index (χ3v) is 2.08. The Morgan fingerprint density at radius 3 is 2.82 bits per heavy atom. The summed E-state index contributed by atoms with van der Waals surface area (Å²) in [6, 6.07) is 2.04. The summed E-state index contributed by atoms with van der Waals surface area (Å²) in [5.74, 6) is 0.246. The average molecular weight is 173 g/mol. The molecule has 0 rings (SSSR count). The fourth-order valence-corrected chi connectivity index (χ4v) is 1.29. The maximum Gasteiger partial charge on any atom is 0.313 e. The minimum absolute atomic E-state index is 0.173. The fourth-order valence-electron chi connectivity index (χ4n) is 0.568. The van der Waals surface area contributed by atoms with Gasteiger partial charge in [-0.25, -0.2) is 0 Å². The van der Waals surface area contributed by atoms with Crippen LogP contribution >= 0.6 is 11.8 Å². The van der Waals surface area contributed by atoms with E-state index in [9.17, 15) is 4.79 Å². The van der Waals surface area contributed by atoms with Gasteiger partial charge in [-0.2, -0.15) is 17.0 Å². The molecule has 0 fully saturated rings. The van der Waals surface area contributed by atoms with Crippen LogP contribution in [0.4, 0.5) is 0 Å². The van der Waals surface area contributed by atoms with E-state index in [0.717, 1.165) is 18.6 Å². The predicted molar refractivity (Wildman–Crippen MR) is 44.4 cm³/mol. The van der Waals surface area contributed by atoms with Crippen LogP contribution in [0.25, 0.3) is 0 Å². The highest BCUT2D eigenvalue weighted by Gasteiger charge is 1.95. The van der Waals surface area contributed by atoms with Crippen molar-refractivity contribution in [1.82, 2.24) is 0 Å². The second-order valence-electron chi connectivity index (χ2n) is 2.06. The Kier molecular flexibility index (Phi) is 6.95.